The molecule has 2 rings (SSSR count). The number of nitrogens with zero attached hydrogens (tertiary/aromatic N) is 1. The number of aliphatic hydroxyl groups is 1. The Hall–Kier alpha value is -1.39. The van der Waals surface area contributed by atoms with Gasteiger partial charge in [-0.3, -0.25) is 9.69 Å². The Balaban J connectivity index is 1.80. The third-order valence-electron chi connectivity index (χ3n) is 4.30. The molecule has 0 aliphatic carbocycles. The van der Waals surface area contributed by atoms with Crippen LogP contribution in [-0.2, 0) is 11.2 Å². The monoisotopic (exact) mass is 290 g/mol. The van der Waals surface area contributed by atoms with Gasteiger partial charge in [-0.05, 0) is 62.9 Å². The van der Waals surface area contributed by atoms with Crippen molar-refractivity contribution < 1.29 is 9.90 Å². The summed E-state index contributed by atoms with van der Waals surface area (Å²) in [5.41, 5.74) is 2.10. The van der Waals surface area contributed by atoms with Gasteiger partial charge in [0.05, 0.1) is 12.6 Å². The molecule has 1 fully saturated rings. The number of likely N-dealkylation sites (tertiary alicyclic amines) is 1. The summed E-state index contributed by atoms with van der Waals surface area (Å²) in [7, 11) is 0. The van der Waals surface area contributed by atoms with Crippen LogP contribution in [0, 0.1) is 5.92 Å². The normalized spacial score (nSPS) is 18.4. The van der Waals surface area contributed by atoms with Gasteiger partial charge >= 0.3 is 0 Å². The van der Waals surface area contributed by atoms with Crippen LogP contribution in [0.2, 0.25) is 0 Å². The minimum absolute atomic E-state index is 0.0405. The Kier molecular flexibility index (Phi) is 5.76. The van der Waals surface area contributed by atoms with Crippen molar-refractivity contribution in [1.82, 2.24) is 4.90 Å². The van der Waals surface area contributed by atoms with E-state index in [4.69, 9.17) is 0 Å². The number of aryl methyl sites for hydroxylation is 1. The van der Waals surface area contributed by atoms with E-state index in [0.29, 0.717) is 12.5 Å². The van der Waals surface area contributed by atoms with Gasteiger partial charge in [-0.2, -0.15) is 0 Å². The van der Waals surface area contributed by atoms with Crippen LogP contribution < -0.4 is 5.32 Å². The highest BCUT2D eigenvalue weighted by Crippen LogP contribution is 2.20. The molecule has 0 bridgehead atoms. The zero-order chi connectivity index (χ0) is 15.2. The summed E-state index contributed by atoms with van der Waals surface area (Å²) >= 11 is 0. The van der Waals surface area contributed by atoms with Crippen LogP contribution >= 0.6 is 0 Å². The van der Waals surface area contributed by atoms with Gasteiger partial charge in [0.15, 0.2) is 0 Å². The van der Waals surface area contributed by atoms with Gasteiger partial charge in [-0.1, -0.05) is 19.1 Å². The van der Waals surface area contributed by atoms with Crippen molar-refractivity contribution in [3.8, 4) is 0 Å². The fraction of sp³-hybridized carbons (Fsp3) is 0.588. The molecule has 1 aliphatic rings. The first-order chi connectivity index (χ1) is 10.1. The van der Waals surface area contributed by atoms with Crippen LogP contribution in [0.25, 0.3) is 0 Å². The number of carbonyl (C=O) groups is 1. The number of piperidine rings is 1. The minimum atomic E-state index is -0.238. The zero-order valence-electron chi connectivity index (χ0n) is 13.0. The van der Waals surface area contributed by atoms with Gasteiger partial charge in [-0.15, -0.1) is 0 Å². The Morgan fingerprint density at radius 1 is 1.43 bits per heavy atom. The molecule has 0 spiro atoms. The Labute approximate surface area is 127 Å². The van der Waals surface area contributed by atoms with E-state index in [0.717, 1.165) is 38.0 Å². The van der Waals surface area contributed by atoms with Crippen molar-refractivity contribution in [3.05, 3.63) is 29.8 Å². The standard InChI is InChI=1S/C17H26N2O2/c1-3-14-5-4-6-16(11-14)18-17(21)12-19-9-7-15(8-10-19)13(2)20/h4-6,11,13,15,20H,3,7-10,12H2,1-2H3,(H,18,21). The highest BCUT2D eigenvalue weighted by molar-refractivity contribution is 5.92. The lowest BCUT2D eigenvalue weighted by Gasteiger charge is -2.32. The molecular weight excluding hydrogens is 264 g/mol. The number of amides is 1. The number of anilines is 1. The summed E-state index contributed by atoms with van der Waals surface area (Å²) in [6.45, 7) is 6.17. The largest absolute Gasteiger partial charge is 0.393 e. The average molecular weight is 290 g/mol. The number of aliphatic hydroxyl groups excluding tert-OH is 1. The topological polar surface area (TPSA) is 52.6 Å². The molecule has 2 N–H and O–H groups in total. The molecule has 0 radical (unpaired) electrons. The average Bonchev–Trinajstić information content (AvgIpc) is 2.47. The van der Waals surface area contributed by atoms with Gasteiger partial charge in [0.25, 0.3) is 0 Å². The minimum Gasteiger partial charge on any atom is -0.393 e. The summed E-state index contributed by atoms with van der Waals surface area (Å²) < 4.78 is 0. The third-order valence-corrected chi connectivity index (χ3v) is 4.30. The fourth-order valence-electron chi connectivity index (χ4n) is 2.87. The first-order valence-electron chi connectivity index (χ1n) is 7.87. The van der Waals surface area contributed by atoms with Crippen molar-refractivity contribution >= 4 is 11.6 Å². The molecule has 21 heavy (non-hydrogen) atoms. The molecule has 116 valence electrons. The molecule has 1 amide bonds. The fourth-order valence-corrected chi connectivity index (χ4v) is 2.87. The van der Waals surface area contributed by atoms with Crippen molar-refractivity contribution in [2.75, 3.05) is 25.0 Å². The van der Waals surface area contributed by atoms with Crippen molar-refractivity contribution in [2.45, 2.75) is 39.2 Å². The van der Waals surface area contributed by atoms with Crippen LogP contribution in [0.1, 0.15) is 32.3 Å². The van der Waals surface area contributed by atoms with Crippen LogP contribution in [0.5, 0.6) is 0 Å². The quantitative estimate of drug-likeness (QED) is 0.875. The van der Waals surface area contributed by atoms with Gasteiger partial charge in [0.2, 0.25) is 5.91 Å². The first kappa shape index (κ1) is 16.0. The van der Waals surface area contributed by atoms with Gasteiger partial charge in [0, 0.05) is 5.69 Å². The van der Waals surface area contributed by atoms with E-state index < -0.39 is 0 Å². The smallest absolute Gasteiger partial charge is 0.238 e. The van der Waals surface area contributed by atoms with Crippen molar-refractivity contribution in [1.29, 1.82) is 0 Å². The van der Waals surface area contributed by atoms with E-state index in [1.807, 2.05) is 25.1 Å². The highest BCUT2D eigenvalue weighted by Gasteiger charge is 2.23. The van der Waals surface area contributed by atoms with E-state index in [1.165, 1.54) is 5.56 Å². The summed E-state index contributed by atoms with van der Waals surface area (Å²) in [5.74, 6) is 0.421. The molecule has 1 heterocycles. The Morgan fingerprint density at radius 3 is 2.76 bits per heavy atom. The van der Waals surface area contributed by atoms with Gasteiger partial charge in [0.1, 0.15) is 0 Å². The van der Waals surface area contributed by atoms with E-state index in [1.54, 1.807) is 0 Å². The summed E-state index contributed by atoms with van der Waals surface area (Å²) in [6.07, 6.45) is 2.67. The summed E-state index contributed by atoms with van der Waals surface area (Å²) in [6, 6.07) is 7.99. The maximum atomic E-state index is 12.1. The maximum absolute atomic E-state index is 12.1. The molecule has 1 saturated heterocycles. The molecule has 4 nitrogen and oxygen atoms in total. The first-order valence-corrected chi connectivity index (χ1v) is 7.87. The van der Waals surface area contributed by atoms with E-state index in [9.17, 15) is 9.90 Å². The molecule has 1 aliphatic heterocycles. The van der Waals surface area contributed by atoms with Crippen molar-refractivity contribution in [2.24, 2.45) is 5.92 Å². The number of hydrogen-bond acceptors (Lipinski definition) is 3. The summed E-state index contributed by atoms with van der Waals surface area (Å²) in [5, 5.41) is 12.6. The second kappa shape index (κ2) is 7.57. The molecule has 0 aromatic heterocycles. The van der Waals surface area contributed by atoms with Crippen molar-refractivity contribution in [3.63, 3.8) is 0 Å². The lowest BCUT2D eigenvalue weighted by atomic mass is 9.92. The Bertz CT molecular complexity index is 466. The molecule has 1 unspecified atom stereocenters. The molecular formula is C17H26N2O2. The lowest BCUT2D eigenvalue weighted by molar-refractivity contribution is -0.117. The molecule has 4 heteroatoms. The van der Waals surface area contributed by atoms with Crippen LogP contribution in [-0.4, -0.2) is 41.7 Å². The van der Waals surface area contributed by atoms with E-state index in [2.05, 4.69) is 23.2 Å². The van der Waals surface area contributed by atoms with Gasteiger partial charge in [-0.25, -0.2) is 0 Å². The highest BCUT2D eigenvalue weighted by atomic mass is 16.3. The molecule has 1 aromatic carbocycles. The Morgan fingerprint density at radius 2 is 2.14 bits per heavy atom. The third kappa shape index (κ3) is 4.83. The molecule has 1 aromatic rings. The number of benzene rings is 1. The predicted molar refractivity (Wildman–Crippen MR) is 85.3 cm³/mol. The van der Waals surface area contributed by atoms with E-state index >= 15 is 0 Å². The second-order valence-corrected chi connectivity index (χ2v) is 5.96. The summed E-state index contributed by atoms with van der Waals surface area (Å²) in [4.78, 5) is 14.3. The second-order valence-electron chi connectivity index (χ2n) is 5.96. The van der Waals surface area contributed by atoms with Crippen LogP contribution in [0.3, 0.4) is 0 Å². The number of nitrogens with one attached hydrogen (secondary N) is 1. The number of carbonyl (C=O) groups excluding carboxylic acids is 1. The number of hydrogen-bond donors (Lipinski definition) is 2. The van der Waals surface area contributed by atoms with Gasteiger partial charge < -0.3 is 10.4 Å². The predicted octanol–water partition coefficient (Wildman–Crippen LogP) is 2.28. The van der Waals surface area contributed by atoms with Crippen LogP contribution in [0.4, 0.5) is 5.69 Å². The molecule has 1 atom stereocenters. The molecule has 0 saturated carbocycles. The number of rotatable bonds is 5. The van der Waals surface area contributed by atoms with Crippen LogP contribution in [0.15, 0.2) is 24.3 Å². The maximum Gasteiger partial charge on any atom is 0.238 e. The lowest BCUT2D eigenvalue weighted by Crippen LogP contribution is -2.41. The SMILES string of the molecule is CCc1cccc(NC(=O)CN2CCC(C(C)O)CC2)c1. The van der Waals surface area contributed by atoms with E-state index in [-0.39, 0.29) is 12.0 Å². The zero-order valence-corrected chi connectivity index (χ0v) is 13.0.